The van der Waals surface area contributed by atoms with E-state index in [2.05, 4.69) is 46.8 Å². The van der Waals surface area contributed by atoms with Crippen LogP contribution in [0.1, 0.15) is 44.3 Å². The van der Waals surface area contributed by atoms with Gasteiger partial charge in [-0.3, -0.25) is 4.99 Å². The fourth-order valence-electron chi connectivity index (χ4n) is 1.76. The molecule has 0 spiro atoms. The molecule has 20 heavy (non-hydrogen) atoms. The van der Waals surface area contributed by atoms with Crippen LogP contribution in [0.15, 0.2) is 10.4 Å². The van der Waals surface area contributed by atoms with Crippen LogP contribution in [0.25, 0.3) is 0 Å². The molecular formula is C15H28N4S. The zero-order chi connectivity index (χ0) is 14.8. The van der Waals surface area contributed by atoms with E-state index in [0.717, 1.165) is 50.0 Å². The topological polar surface area (TPSA) is 49.3 Å². The molecule has 0 unspecified atom stereocenters. The molecule has 0 aliphatic rings. The summed E-state index contributed by atoms with van der Waals surface area (Å²) in [5.41, 5.74) is 1.12. The summed E-state index contributed by atoms with van der Waals surface area (Å²) in [7, 11) is 0. The van der Waals surface area contributed by atoms with E-state index in [1.54, 1.807) is 11.3 Å². The predicted octanol–water partition coefficient (Wildman–Crippen LogP) is 2.99. The minimum atomic E-state index is 0.721. The van der Waals surface area contributed by atoms with Crippen molar-refractivity contribution in [2.45, 2.75) is 47.0 Å². The molecule has 0 atom stereocenters. The number of aromatic nitrogens is 1. The van der Waals surface area contributed by atoms with E-state index in [4.69, 9.17) is 0 Å². The van der Waals surface area contributed by atoms with Gasteiger partial charge in [-0.1, -0.05) is 13.8 Å². The molecular weight excluding hydrogens is 268 g/mol. The Morgan fingerprint density at radius 2 is 2.20 bits per heavy atom. The summed E-state index contributed by atoms with van der Waals surface area (Å²) < 4.78 is 0. The third-order valence-corrected chi connectivity index (χ3v) is 3.87. The quantitative estimate of drug-likeness (QED) is 0.440. The van der Waals surface area contributed by atoms with Gasteiger partial charge in [-0.05, 0) is 32.6 Å². The molecule has 0 saturated carbocycles. The molecule has 1 rings (SSSR count). The monoisotopic (exact) mass is 296 g/mol. The summed E-state index contributed by atoms with van der Waals surface area (Å²) in [5, 5.41) is 9.99. The van der Waals surface area contributed by atoms with E-state index in [-0.39, 0.29) is 0 Å². The van der Waals surface area contributed by atoms with Crippen molar-refractivity contribution in [2.24, 2.45) is 10.9 Å². The number of nitrogens with one attached hydrogen (secondary N) is 2. The Morgan fingerprint density at radius 3 is 2.80 bits per heavy atom. The fraction of sp³-hybridized carbons (Fsp3) is 0.733. The lowest BCUT2D eigenvalue weighted by Crippen LogP contribution is -2.38. The van der Waals surface area contributed by atoms with Crippen molar-refractivity contribution in [2.75, 3.05) is 19.6 Å². The Morgan fingerprint density at radius 1 is 1.40 bits per heavy atom. The number of nitrogens with zero attached hydrogens (tertiary/aromatic N) is 2. The zero-order valence-corrected chi connectivity index (χ0v) is 14.0. The highest BCUT2D eigenvalue weighted by atomic mass is 32.1. The van der Waals surface area contributed by atoms with Crippen molar-refractivity contribution in [3.8, 4) is 0 Å². The molecule has 1 aromatic heterocycles. The Bertz CT molecular complexity index is 398. The zero-order valence-electron chi connectivity index (χ0n) is 13.2. The second-order valence-electron chi connectivity index (χ2n) is 5.36. The molecule has 2 N–H and O–H groups in total. The Hall–Kier alpha value is -1.10. The second kappa shape index (κ2) is 9.75. The lowest BCUT2D eigenvalue weighted by atomic mass is 10.1. The normalized spacial score (nSPS) is 11.9. The molecule has 0 bridgehead atoms. The number of hydrogen-bond acceptors (Lipinski definition) is 3. The van der Waals surface area contributed by atoms with Crippen molar-refractivity contribution < 1.29 is 0 Å². The lowest BCUT2D eigenvalue weighted by molar-refractivity contribution is 0.573. The molecule has 4 nitrogen and oxygen atoms in total. The third kappa shape index (κ3) is 7.48. The van der Waals surface area contributed by atoms with Crippen LogP contribution >= 0.6 is 11.3 Å². The van der Waals surface area contributed by atoms with Gasteiger partial charge in [0.15, 0.2) is 5.96 Å². The van der Waals surface area contributed by atoms with Crippen LogP contribution in [0.2, 0.25) is 0 Å². The summed E-state index contributed by atoms with van der Waals surface area (Å²) in [6.45, 7) is 11.3. The molecule has 0 radical (unpaired) electrons. The summed E-state index contributed by atoms with van der Waals surface area (Å²) in [6.07, 6.45) is 3.24. The van der Waals surface area contributed by atoms with Crippen LogP contribution in [-0.4, -0.2) is 30.6 Å². The summed E-state index contributed by atoms with van der Waals surface area (Å²) in [6, 6.07) is 0. The van der Waals surface area contributed by atoms with Gasteiger partial charge in [-0.25, -0.2) is 4.98 Å². The minimum absolute atomic E-state index is 0.721. The molecule has 0 amide bonds. The molecule has 0 aliphatic carbocycles. The average Bonchev–Trinajstić information content (AvgIpc) is 2.80. The first-order valence-corrected chi connectivity index (χ1v) is 8.43. The smallest absolute Gasteiger partial charge is 0.191 e. The van der Waals surface area contributed by atoms with Crippen LogP contribution in [0, 0.1) is 12.8 Å². The van der Waals surface area contributed by atoms with Crippen molar-refractivity contribution in [3.05, 3.63) is 16.1 Å². The molecule has 1 heterocycles. The summed E-state index contributed by atoms with van der Waals surface area (Å²) >= 11 is 1.74. The standard InChI is InChI=1S/C15H28N4S/c1-5-16-15(18-10-8-12(2)3)17-9-6-7-14-19-13(4)11-20-14/h11-12H,5-10H2,1-4H3,(H2,16,17,18). The first kappa shape index (κ1) is 17.0. The van der Waals surface area contributed by atoms with Gasteiger partial charge in [-0.2, -0.15) is 0 Å². The highest BCUT2D eigenvalue weighted by molar-refractivity contribution is 7.09. The number of guanidine groups is 1. The summed E-state index contributed by atoms with van der Waals surface area (Å²) in [5.74, 6) is 1.65. The fourth-order valence-corrected chi connectivity index (χ4v) is 2.58. The molecule has 0 aromatic carbocycles. The maximum absolute atomic E-state index is 4.60. The van der Waals surface area contributed by atoms with E-state index in [9.17, 15) is 0 Å². The number of hydrogen-bond donors (Lipinski definition) is 2. The van der Waals surface area contributed by atoms with E-state index in [1.165, 1.54) is 11.4 Å². The average molecular weight is 296 g/mol. The Balaban J connectivity index is 2.27. The minimum Gasteiger partial charge on any atom is -0.357 e. The molecule has 5 heteroatoms. The molecule has 0 fully saturated rings. The SMILES string of the molecule is CCNC(=NCCCc1nc(C)cs1)NCCC(C)C. The Labute approximate surface area is 127 Å². The first-order chi connectivity index (χ1) is 9.61. The Kier molecular flexibility index (Phi) is 8.26. The van der Waals surface area contributed by atoms with E-state index >= 15 is 0 Å². The maximum atomic E-state index is 4.60. The molecule has 114 valence electrons. The van der Waals surface area contributed by atoms with Crippen LogP contribution in [0.4, 0.5) is 0 Å². The molecule has 1 aromatic rings. The van der Waals surface area contributed by atoms with Crippen LogP contribution < -0.4 is 10.6 Å². The number of aliphatic imine (C=N–C) groups is 1. The van der Waals surface area contributed by atoms with Gasteiger partial charge in [0.1, 0.15) is 0 Å². The van der Waals surface area contributed by atoms with Crippen molar-refractivity contribution in [3.63, 3.8) is 0 Å². The van der Waals surface area contributed by atoms with Crippen molar-refractivity contribution in [1.82, 2.24) is 15.6 Å². The summed E-state index contributed by atoms with van der Waals surface area (Å²) in [4.78, 5) is 9.07. The van der Waals surface area contributed by atoms with Gasteiger partial charge in [0, 0.05) is 37.1 Å². The van der Waals surface area contributed by atoms with Gasteiger partial charge in [0.2, 0.25) is 0 Å². The van der Waals surface area contributed by atoms with Crippen molar-refractivity contribution >= 4 is 17.3 Å². The van der Waals surface area contributed by atoms with Gasteiger partial charge < -0.3 is 10.6 Å². The van der Waals surface area contributed by atoms with Gasteiger partial charge in [0.25, 0.3) is 0 Å². The van der Waals surface area contributed by atoms with E-state index in [1.807, 2.05) is 6.92 Å². The molecule has 0 aliphatic heterocycles. The highest BCUT2D eigenvalue weighted by Crippen LogP contribution is 2.10. The van der Waals surface area contributed by atoms with Crippen LogP contribution in [0.5, 0.6) is 0 Å². The number of rotatable bonds is 8. The van der Waals surface area contributed by atoms with E-state index in [0.29, 0.717) is 0 Å². The van der Waals surface area contributed by atoms with Crippen LogP contribution in [-0.2, 0) is 6.42 Å². The van der Waals surface area contributed by atoms with Gasteiger partial charge >= 0.3 is 0 Å². The number of thiazole rings is 1. The third-order valence-electron chi connectivity index (χ3n) is 2.84. The molecule has 0 saturated heterocycles. The highest BCUT2D eigenvalue weighted by Gasteiger charge is 2.00. The van der Waals surface area contributed by atoms with E-state index < -0.39 is 0 Å². The maximum Gasteiger partial charge on any atom is 0.191 e. The second-order valence-corrected chi connectivity index (χ2v) is 6.30. The predicted molar refractivity (Wildman–Crippen MR) is 88.6 cm³/mol. The number of aryl methyl sites for hydroxylation is 2. The largest absolute Gasteiger partial charge is 0.357 e. The van der Waals surface area contributed by atoms with Crippen molar-refractivity contribution in [1.29, 1.82) is 0 Å². The van der Waals surface area contributed by atoms with Crippen LogP contribution in [0.3, 0.4) is 0 Å². The van der Waals surface area contributed by atoms with Gasteiger partial charge in [0.05, 0.1) is 5.01 Å². The first-order valence-electron chi connectivity index (χ1n) is 7.55. The van der Waals surface area contributed by atoms with Gasteiger partial charge in [-0.15, -0.1) is 11.3 Å². The lowest BCUT2D eigenvalue weighted by Gasteiger charge is -2.12.